The van der Waals surface area contributed by atoms with Gasteiger partial charge in [-0.15, -0.1) is 0 Å². The number of hydrogen-bond donors (Lipinski definition) is 4. The van der Waals surface area contributed by atoms with Crippen LogP contribution in [0.2, 0.25) is 0 Å². The Hall–Kier alpha value is -4.92. The van der Waals surface area contributed by atoms with E-state index in [9.17, 15) is 9.59 Å². The lowest BCUT2D eigenvalue weighted by Crippen LogP contribution is -2.24. The van der Waals surface area contributed by atoms with E-state index in [4.69, 9.17) is 4.74 Å². The Bertz CT molecular complexity index is 1480. The van der Waals surface area contributed by atoms with Gasteiger partial charge < -0.3 is 25.3 Å². The predicted octanol–water partition coefficient (Wildman–Crippen LogP) is 4.30. The fourth-order valence-corrected chi connectivity index (χ4v) is 3.78. The molecule has 35 heavy (non-hydrogen) atoms. The molecule has 4 aromatic heterocycles. The molecule has 0 fully saturated rings. The fraction of sp³-hybridized carbons (Fsp3) is 0.0769. The molecule has 9 heteroatoms. The number of rotatable bonds is 2. The van der Waals surface area contributed by atoms with Crippen molar-refractivity contribution in [3.8, 4) is 5.75 Å². The van der Waals surface area contributed by atoms with Crippen molar-refractivity contribution in [2.24, 2.45) is 0 Å². The molecule has 0 aromatic carbocycles. The summed E-state index contributed by atoms with van der Waals surface area (Å²) in [5, 5.41) is 5.43. The Balaban J connectivity index is 0.000000145. The van der Waals surface area contributed by atoms with Gasteiger partial charge in [-0.25, -0.2) is 9.97 Å². The quantitative estimate of drug-likeness (QED) is 0.328. The van der Waals surface area contributed by atoms with Crippen molar-refractivity contribution in [2.45, 2.75) is 13.8 Å². The minimum atomic E-state index is -0.300. The first kappa shape index (κ1) is 21.9. The lowest BCUT2D eigenvalue weighted by atomic mass is 10.1. The molecule has 6 rings (SSSR count). The van der Waals surface area contributed by atoms with E-state index in [-0.39, 0.29) is 17.6 Å². The monoisotopic (exact) mass is 466 g/mol. The number of nitrogens with zero attached hydrogens (tertiary/aromatic N) is 2. The molecule has 4 aromatic rings. The maximum atomic E-state index is 11.9. The van der Waals surface area contributed by atoms with Crippen LogP contribution in [0, 0.1) is 13.8 Å². The van der Waals surface area contributed by atoms with Crippen LogP contribution in [0.1, 0.15) is 28.2 Å². The Morgan fingerprint density at radius 1 is 0.886 bits per heavy atom. The van der Waals surface area contributed by atoms with Gasteiger partial charge in [0.2, 0.25) is 0 Å². The Labute approximate surface area is 201 Å². The molecule has 0 radical (unpaired) electrons. The number of ether oxygens (including phenoxy) is 1. The molecule has 0 aliphatic carbocycles. The first-order valence-electron chi connectivity index (χ1n) is 10.9. The van der Waals surface area contributed by atoms with Crippen LogP contribution in [0.3, 0.4) is 0 Å². The van der Waals surface area contributed by atoms with Crippen molar-refractivity contribution in [3.05, 3.63) is 95.0 Å². The van der Waals surface area contributed by atoms with Crippen molar-refractivity contribution >= 4 is 41.2 Å². The maximum absolute atomic E-state index is 11.9. The van der Waals surface area contributed by atoms with Gasteiger partial charge in [0.15, 0.2) is 17.3 Å². The van der Waals surface area contributed by atoms with Gasteiger partial charge in [0.05, 0.1) is 5.57 Å². The molecule has 0 saturated carbocycles. The van der Waals surface area contributed by atoms with Crippen LogP contribution < -0.4 is 15.4 Å². The number of carbonyl (C=O) groups is 2. The Morgan fingerprint density at radius 3 is 2.40 bits per heavy atom. The highest BCUT2D eigenvalue weighted by Gasteiger charge is 2.25. The number of pyridine rings is 2. The number of hydrogen-bond acceptors (Lipinski definition) is 5. The number of aromatic amines is 2. The number of anilines is 2. The van der Waals surface area contributed by atoms with E-state index in [0.717, 1.165) is 28.2 Å². The van der Waals surface area contributed by atoms with Crippen LogP contribution in [0.4, 0.5) is 11.6 Å². The molecule has 0 unspecified atom stereocenters. The molecule has 2 amide bonds. The summed E-state index contributed by atoms with van der Waals surface area (Å²) in [7, 11) is 0. The van der Waals surface area contributed by atoms with E-state index in [1.165, 1.54) is 0 Å². The second kappa shape index (κ2) is 9.14. The number of amides is 2. The smallest absolute Gasteiger partial charge is 0.292 e. The van der Waals surface area contributed by atoms with Crippen molar-refractivity contribution in [1.82, 2.24) is 19.9 Å². The number of fused-ring (bicyclic) bond motifs is 2. The number of aromatic nitrogens is 4. The predicted molar refractivity (Wildman–Crippen MR) is 133 cm³/mol. The minimum Gasteiger partial charge on any atom is -0.448 e. The van der Waals surface area contributed by atoms with Gasteiger partial charge in [-0.2, -0.15) is 0 Å². The number of H-pyrrole nitrogens is 2. The second-order valence-electron chi connectivity index (χ2n) is 8.00. The Morgan fingerprint density at radius 2 is 1.66 bits per heavy atom. The van der Waals surface area contributed by atoms with E-state index in [1.807, 2.05) is 44.2 Å². The largest absolute Gasteiger partial charge is 0.448 e. The van der Waals surface area contributed by atoms with Crippen LogP contribution in [0.15, 0.2) is 66.8 Å². The molecule has 0 saturated heterocycles. The molecule has 4 N–H and O–H groups in total. The molecule has 0 bridgehead atoms. The van der Waals surface area contributed by atoms with E-state index in [1.54, 1.807) is 36.8 Å². The zero-order chi connectivity index (χ0) is 24.4. The third kappa shape index (κ3) is 4.60. The van der Waals surface area contributed by atoms with Crippen molar-refractivity contribution < 1.29 is 14.3 Å². The van der Waals surface area contributed by atoms with Gasteiger partial charge in [0.25, 0.3) is 11.8 Å². The molecule has 174 valence electrons. The first-order chi connectivity index (χ1) is 17.0. The van der Waals surface area contributed by atoms with Crippen molar-refractivity contribution in [3.63, 3.8) is 0 Å². The van der Waals surface area contributed by atoms with Gasteiger partial charge >= 0.3 is 0 Å². The van der Waals surface area contributed by atoms with Crippen LogP contribution in [-0.4, -0.2) is 31.8 Å². The molecular formula is C26H22N6O3. The van der Waals surface area contributed by atoms with Gasteiger partial charge in [0, 0.05) is 47.3 Å². The maximum Gasteiger partial charge on any atom is 0.292 e. The number of nitrogens with one attached hydrogen (secondary N) is 4. The SMILES string of the molecule is Cc1cc(C)c(/C=C2\C(=O)Nc3ncccc32)[nH]1.O=C1Nc2ncccc2O/C1=C\c1ccc[nH]1. The van der Waals surface area contributed by atoms with E-state index in [0.29, 0.717) is 23.0 Å². The second-order valence-corrected chi connectivity index (χ2v) is 8.00. The molecular weight excluding hydrogens is 444 g/mol. The molecule has 0 spiro atoms. The first-order valence-corrected chi connectivity index (χ1v) is 10.9. The standard InChI is InChI=1S/C14H13N3O.C12H9N3O2/c1-8-6-9(2)16-12(8)7-11-10-4-3-5-15-13(10)17-14(11)18;16-12-10(7-8-3-1-5-13-8)17-9-4-2-6-14-11(9)15-12/h3-7,16H,1-2H3,(H,15,17,18);1-7,13H,(H,14,15,16)/b11-7-;10-7-. The average molecular weight is 467 g/mol. The molecule has 0 atom stereocenters. The third-order valence-electron chi connectivity index (χ3n) is 5.41. The summed E-state index contributed by atoms with van der Waals surface area (Å²) in [5.41, 5.74) is 5.50. The summed E-state index contributed by atoms with van der Waals surface area (Å²) >= 11 is 0. The molecule has 2 aliphatic heterocycles. The summed E-state index contributed by atoms with van der Waals surface area (Å²) in [6, 6.07) is 13.0. The molecule has 9 nitrogen and oxygen atoms in total. The highest BCUT2D eigenvalue weighted by molar-refractivity contribution is 6.34. The van der Waals surface area contributed by atoms with Crippen molar-refractivity contribution in [1.29, 1.82) is 0 Å². The summed E-state index contributed by atoms with van der Waals surface area (Å²) < 4.78 is 5.48. The normalized spacial score (nSPS) is 16.1. The van der Waals surface area contributed by atoms with E-state index < -0.39 is 0 Å². The zero-order valence-corrected chi connectivity index (χ0v) is 19.0. The van der Waals surface area contributed by atoms with Gasteiger partial charge in [0.1, 0.15) is 5.82 Å². The summed E-state index contributed by atoms with van der Waals surface area (Å²) in [6.45, 7) is 4.02. The summed E-state index contributed by atoms with van der Waals surface area (Å²) in [5.74, 6) is 1.47. The third-order valence-corrected chi connectivity index (χ3v) is 5.41. The highest BCUT2D eigenvalue weighted by atomic mass is 16.5. The lowest BCUT2D eigenvalue weighted by molar-refractivity contribution is -0.115. The number of aryl methyl sites for hydroxylation is 2. The summed E-state index contributed by atoms with van der Waals surface area (Å²) in [6.07, 6.45) is 8.58. The number of carbonyl (C=O) groups excluding carboxylic acids is 2. The summed E-state index contributed by atoms with van der Waals surface area (Å²) in [4.78, 5) is 38.0. The lowest BCUT2D eigenvalue weighted by Gasteiger charge is -2.18. The van der Waals surface area contributed by atoms with Gasteiger partial charge in [-0.1, -0.05) is 0 Å². The minimum absolute atomic E-state index is 0.102. The van der Waals surface area contributed by atoms with Crippen molar-refractivity contribution in [2.75, 3.05) is 10.6 Å². The average Bonchev–Trinajstić information content (AvgIpc) is 3.55. The molecule has 6 heterocycles. The Kier molecular flexibility index (Phi) is 5.72. The van der Waals surface area contributed by atoms with Gasteiger partial charge in [-0.05, 0) is 68.0 Å². The highest BCUT2D eigenvalue weighted by Crippen LogP contribution is 2.31. The van der Waals surface area contributed by atoms with Crippen LogP contribution in [0.25, 0.3) is 17.7 Å². The van der Waals surface area contributed by atoms with Crippen LogP contribution >= 0.6 is 0 Å². The molecule has 2 aliphatic rings. The topological polar surface area (TPSA) is 125 Å². The fourth-order valence-electron chi connectivity index (χ4n) is 3.78. The van der Waals surface area contributed by atoms with Gasteiger partial charge in [-0.3, -0.25) is 9.59 Å². The van der Waals surface area contributed by atoms with Crippen LogP contribution in [0.5, 0.6) is 5.75 Å². The zero-order valence-electron chi connectivity index (χ0n) is 19.0. The van der Waals surface area contributed by atoms with Crippen LogP contribution in [-0.2, 0) is 9.59 Å². The van der Waals surface area contributed by atoms with E-state index >= 15 is 0 Å². The van der Waals surface area contributed by atoms with E-state index in [2.05, 4.69) is 36.6 Å².